The summed E-state index contributed by atoms with van der Waals surface area (Å²) in [6.45, 7) is 1.44. The van der Waals surface area contributed by atoms with Gasteiger partial charge >= 0.3 is 12.1 Å². The highest BCUT2D eigenvalue weighted by Crippen LogP contribution is 2.44. The molecule has 2 aromatic heterocycles. The predicted molar refractivity (Wildman–Crippen MR) is 131 cm³/mol. The second kappa shape index (κ2) is 9.31. The van der Waals surface area contributed by atoms with Crippen LogP contribution in [-0.2, 0) is 16.5 Å². The summed E-state index contributed by atoms with van der Waals surface area (Å²) in [7, 11) is 0. The normalized spacial score (nSPS) is 16.8. The number of alkyl halides is 3. The number of aromatic nitrogens is 4. The number of nitrogens with zero attached hydrogens (tertiary/aromatic N) is 3. The molecule has 0 amide bonds. The fourth-order valence-corrected chi connectivity index (χ4v) is 6.27. The molecule has 2 N–H and O–H groups in total. The molecular formula is C26H25F3N4O2S. The molecule has 4 aromatic rings. The van der Waals surface area contributed by atoms with Gasteiger partial charge in [0.1, 0.15) is 11.2 Å². The van der Waals surface area contributed by atoms with Gasteiger partial charge in [-0.25, -0.2) is 4.79 Å². The molecule has 36 heavy (non-hydrogen) atoms. The summed E-state index contributed by atoms with van der Waals surface area (Å²) in [5.74, 6) is -0.816. The number of hydrogen-bond donors (Lipinski definition) is 2. The van der Waals surface area contributed by atoms with Crippen molar-refractivity contribution in [2.45, 2.75) is 60.9 Å². The van der Waals surface area contributed by atoms with Crippen LogP contribution in [0.2, 0.25) is 0 Å². The van der Waals surface area contributed by atoms with E-state index in [2.05, 4.69) is 15.4 Å². The number of halogens is 3. The van der Waals surface area contributed by atoms with Crippen LogP contribution in [0.25, 0.3) is 10.9 Å². The Kier molecular flexibility index (Phi) is 6.32. The molecule has 1 atom stereocenters. The first-order valence-electron chi connectivity index (χ1n) is 11.7. The summed E-state index contributed by atoms with van der Waals surface area (Å²) < 4.78 is 42.7. The van der Waals surface area contributed by atoms with Crippen molar-refractivity contribution in [3.05, 3.63) is 77.2 Å². The Bertz CT molecular complexity index is 1390. The van der Waals surface area contributed by atoms with Crippen molar-refractivity contribution in [3.8, 4) is 0 Å². The molecule has 2 heterocycles. The molecule has 2 aromatic carbocycles. The number of carboxylic acid groups (broad SMARTS) is 1. The molecular weight excluding hydrogens is 489 g/mol. The van der Waals surface area contributed by atoms with E-state index in [-0.39, 0.29) is 5.56 Å². The fraction of sp³-hybridized carbons (Fsp3) is 0.346. The molecule has 188 valence electrons. The van der Waals surface area contributed by atoms with E-state index >= 15 is 0 Å². The number of aryl methyl sites for hydroxylation is 1. The molecule has 1 aliphatic rings. The zero-order chi connectivity index (χ0) is 25.5. The van der Waals surface area contributed by atoms with E-state index in [1.807, 2.05) is 35.0 Å². The van der Waals surface area contributed by atoms with Gasteiger partial charge in [-0.15, -0.1) is 11.8 Å². The molecule has 5 rings (SSSR count). The number of aliphatic carboxylic acids is 1. The Labute approximate surface area is 209 Å². The lowest BCUT2D eigenvalue weighted by Gasteiger charge is -2.35. The average molecular weight is 515 g/mol. The Hall–Kier alpha value is -3.27. The van der Waals surface area contributed by atoms with E-state index in [0.29, 0.717) is 24.1 Å². The van der Waals surface area contributed by atoms with Crippen molar-refractivity contribution in [2.24, 2.45) is 0 Å². The van der Waals surface area contributed by atoms with Crippen molar-refractivity contribution in [1.82, 2.24) is 20.0 Å². The highest BCUT2D eigenvalue weighted by atomic mass is 32.2. The molecule has 1 saturated carbocycles. The van der Waals surface area contributed by atoms with Gasteiger partial charge in [0.2, 0.25) is 0 Å². The Balaban J connectivity index is 1.52. The fourth-order valence-electron chi connectivity index (χ4n) is 5.14. The zero-order valence-electron chi connectivity index (χ0n) is 19.5. The minimum atomic E-state index is -4.46. The largest absolute Gasteiger partial charge is 0.479 e. The van der Waals surface area contributed by atoms with Crippen molar-refractivity contribution in [2.75, 3.05) is 0 Å². The maximum atomic E-state index is 13.6. The number of fused-ring (bicyclic) bond motifs is 1. The quantitative estimate of drug-likeness (QED) is 0.279. The molecule has 1 fully saturated rings. The predicted octanol–water partition coefficient (Wildman–Crippen LogP) is 6.71. The van der Waals surface area contributed by atoms with Crippen LogP contribution in [0.5, 0.6) is 0 Å². The third-order valence-corrected chi connectivity index (χ3v) is 8.30. The molecule has 6 nitrogen and oxygen atoms in total. The summed E-state index contributed by atoms with van der Waals surface area (Å²) in [6.07, 6.45) is 2.85. The topological polar surface area (TPSA) is 83.8 Å². The number of thioether (sulfide) groups is 1. The van der Waals surface area contributed by atoms with E-state index in [1.54, 1.807) is 6.07 Å². The van der Waals surface area contributed by atoms with Crippen molar-refractivity contribution in [1.29, 1.82) is 0 Å². The highest BCUT2D eigenvalue weighted by molar-refractivity contribution is 7.99. The van der Waals surface area contributed by atoms with Crippen LogP contribution in [0.4, 0.5) is 13.2 Å². The maximum Gasteiger partial charge on any atom is 0.416 e. The second-order valence-corrected chi connectivity index (χ2v) is 10.4. The van der Waals surface area contributed by atoms with Gasteiger partial charge in [0, 0.05) is 22.0 Å². The van der Waals surface area contributed by atoms with Gasteiger partial charge in [-0.3, -0.25) is 0 Å². The van der Waals surface area contributed by atoms with Gasteiger partial charge in [-0.05, 0) is 61.2 Å². The monoisotopic (exact) mass is 514 g/mol. The molecule has 10 heteroatoms. The van der Waals surface area contributed by atoms with Crippen LogP contribution >= 0.6 is 11.8 Å². The van der Waals surface area contributed by atoms with Crippen LogP contribution in [0.3, 0.4) is 0 Å². The third-order valence-electron chi connectivity index (χ3n) is 7.03. The first-order valence-corrected chi connectivity index (χ1v) is 12.6. The lowest BCUT2D eigenvalue weighted by atomic mass is 9.81. The molecule has 0 radical (unpaired) electrons. The number of hydrogen-bond acceptors (Lipinski definition) is 4. The van der Waals surface area contributed by atoms with E-state index in [9.17, 15) is 23.1 Å². The number of rotatable bonds is 6. The second-order valence-electron chi connectivity index (χ2n) is 9.27. The standard InChI is InChI=1S/C26H25F3N4O2S/c1-16-5-6-18(14-20(16)26(27,28)29)23(21-15-30-32-31-21)36-19-7-8-22-17(13-19)9-12-33(22)25(24(34)35)10-3-2-4-11-25/h5-9,12-15,23H,2-4,10-11H2,1H3,(H,34,35)(H,30,31,32). The van der Waals surface area contributed by atoms with Gasteiger partial charge in [0.25, 0.3) is 0 Å². The lowest BCUT2D eigenvalue weighted by Crippen LogP contribution is -2.43. The average Bonchev–Trinajstić information content (AvgIpc) is 3.53. The third kappa shape index (κ3) is 4.38. The summed E-state index contributed by atoms with van der Waals surface area (Å²) in [5, 5.41) is 21.0. The van der Waals surface area contributed by atoms with E-state index < -0.39 is 28.5 Å². The number of benzene rings is 2. The van der Waals surface area contributed by atoms with Crippen LogP contribution in [0, 0.1) is 6.92 Å². The molecule has 0 aliphatic heterocycles. The van der Waals surface area contributed by atoms with Crippen LogP contribution in [0.15, 0.2) is 59.8 Å². The zero-order valence-corrected chi connectivity index (χ0v) is 20.4. The minimum Gasteiger partial charge on any atom is -0.479 e. The Morgan fingerprint density at radius 2 is 1.92 bits per heavy atom. The SMILES string of the molecule is Cc1ccc(C(Sc2ccc3c(ccn3C3(C(=O)O)CCCCC3)c2)c2cn[nH]n2)cc1C(F)(F)F. The number of H-pyrrole nitrogens is 1. The van der Waals surface area contributed by atoms with Gasteiger partial charge in [-0.2, -0.15) is 28.6 Å². The van der Waals surface area contributed by atoms with Gasteiger partial charge < -0.3 is 9.67 Å². The summed E-state index contributed by atoms with van der Waals surface area (Å²) in [5.41, 5.74) is 0.351. The summed E-state index contributed by atoms with van der Waals surface area (Å²) in [4.78, 5) is 13.1. The molecule has 0 saturated heterocycles. The minimum absolute atomic E-state index is 0.160. The molecule has 1 unspecified atom stereocenters. The number of carboxylic acids is 1. The van der Waals surface area contributed by atoms with Crippen LogP contribution < -0.4 is 0 Å². The first kappa shape index (κ1) is 24.4. The maximum absolute atomic E-state index is 13.6. The number of carbonyl (C=O) groups is 1. The number of nitrogens with one attached hydrogen (secondary N) is 1. The molecule has 1 aliphatic carbocycles. The molecule has 0 bridgehead atoms. The smallest absolute Gasteiger partial charge is 0.416 e. The highest BCUT2D eigenvalue weighted by Gasteiger charge is 2.42. The van der Waals surface area contributed by atoms with E-state index in [4.69, 9.17) is 0 Å². The summed E-state index contributed by atoms with van der Waals surface area (Å²) >= 11 is 1.37. The van der Waals surface area contributed by atoms with E-state index in [1.165, 1.54) is 37.0 Å². The Morgan fingerprint density at radius 3 is 2.58 bits per heavy atom. The van der Waals surface area contributed by atoms with Crippen molar-refractivity contribution < 1.29 is 23.1 Å². The summed E-state index contributed by atoms with van der Waals surface area (Å²) in [6, 6.07) is 12.0. The van der Waals surface area contributed by atoms with Gasteiger partial charge in [0.15, 0.2) is 0 Å². The van der Waals surface area contributed by atoms with Gasteiger partial charge in [0.05, 0.1) is 17.0 Å². The van der Waals surface area contributed by atoms with Crippen molar-refractivity contribution in [3.63, 3.8) is 0 Å². The Morgan fingerprint density at radius 1 is 1.14 bits per heavy atom. The molecule has 0 spiro atoms. The lowest BCUT2D eigenvalue weighted by molar-refractivity contribution is -0.149. The van der Waals surface area contributed by atoms with Crippen molar-refractivity contribution >= 4 is 28.6 Å². The van der Waals surface area contributed by atoms with Gasteiger partial charge in [-0.1, -0.05) is 31.4 Å². The van der Waals surface area contributed by atoms with E-state index in [0.717, 1.165) is 35.1 Å². The first-order chi connectivity index (χ1) is 17.2. The van der Waals surface area contributed by atoms with Crippen LogP contribution in [-0.4, -0.2) is 31.1 Å². The number of aromatic amines is 1. The van der Waals surface area contributed by atoms with Crippen LogP contribution in [0.1, 0.15) is 59.7 Å².